The van der Waals surface area contributed by atoms with Crippen LogP contribution in [0.2, 0.25) is 10.0 Å². The molecule has 1 saturated heterocycles. The molecule has 1 saturated carbocycles. The molecule has 0 spiro atoms. The Kier molecular flexibility index (Phi) is 10.2. The monoisotopic (exact) mass is 622 g/mol. The summed E-state index contributed by atoms with van der Waals surface area (Å²) in [6, 6.07) is 20.2. The highest BCUT2D eigenvalue weighted by molar-refractivity contribution is 6.31. The van der Waals surface area contributed by atoms with Gasteiger partial charge in [-0.3, -0.25) is 19.3 Å². The minimum absolute atomic E-state index is 0.103. The second kappa shape index (κ2) is 14.3. The summed E-state index contributed by atoms with van der Waals surface area (Å²) >= 11 is 12.6. The number of halogens is 2. The molecule has 1 heterocycles. The first-order valence-corrected chi connectivity index (χ1v) is 15.4. The van der Waals surface area contributed by atoms with Crippen LogP contribution in [0.5, 0.6) is 5.75 Å². The van der Waals surface area contributed by atoms with E-state index in [0.717, 1.165) is 48.1 Å². The molecule has 1 aliphatic heterocycles. The van der Waals surface area contributed by atoms with Crippen LogP contribution in [0.15, 0.2) is 66.7 Å². The van der Waals surface area contributed by atoms with Crippen molar-refractivity contribution in [3.8, 4) is 5.75 Å². The summed E-state index contributed by atoms with van der Waals surface area (Å²) in [5.74, 6) is 0.389. The van der Waals surface area contributed by atoms with Gasteiger partial charge in [-0.15, -0.1) is 0 Å². The lowest BCUT2D eigenvalue weighted by molar-refractivity contribution is -0.136. The van der Waals surface area contributed by atoms with Crippen molar-refractivity contribution in [1.29, 1.82) is 0 Å². The maximum absolute atomic E-state index is 14.1. The van der Waals surface area contributed by atoms with Crippen LogP contribution in [-0.4, -0.2) is 54.4 Å². The van der Waals surface area contributed by atoms with E-state index in [4.69, 9.17) is 27.9 Å². The summed E-state index contributed by atoms with van der Waals surface area (Å²) < 4.78 is 5.80. The van der Waals surface area contributed by atoms with Crippen molar-refractivity contribution in [3.05, 3.63) is 93.5 Å². The molecule has 0 radical (unpaired) electrons. The molecule has 1 atom stereocenters. The molecule has 8 nitrogen and oxygen atoms in total. The molecule has 1 aliphatic carbocycles. The van der Waals surface area contributed by atoms with Crippen LogP contribution in [0.1, 0.15) is 42.9 Å². The molecule has 2 aliphatic rings. The minimum Gasteiger partial charge on any atom is -0.494 e. The first-order valence-electron chi connectivity index (χ1n) is 14.6. The lowest BCUT2D eigenvalue weighted by Gasteiger charge is -2.38. The summed E-state index contributed by atoms with van der Waals surface area (Å²) in [4.78, 5) is 42.1. The summed E-state index contributed by atoms with van der Waals surface area (Å²) in [7, 11) is 0. The highest BCUT2D eigenvalue weighted by Gasteiger charge is 2.41. The van der Waals surface area contributed by atoms with Gasteiger partial charge in [-0.05, 0) is 78.8 Å². The van der Waals surface area contributed by atoms with Crippen LogP contribution < -0.4 is 20.3 Å². The van der Waals surface area contributed by atoms with Crippen LogP contribution in [0.3, 0.4) is 0 Å². The van der Waals surface area contributed by atoms with Gasteiger partial charge in [0.2, 0.25) is 17.7 Å². The first kappa shape index (κ1) is 30.9. The number of amides is 3. The Morgan fingerprint density at radius 3 is 2.53 bits per heavy atom. The van der Waals surface area contributed by atoms with Crippen LogP contribution in [0, 0.1) is 0 Å². The Labute approximate surface area is 262 Å². The number of benzene rings is 3. The predicted molar refractivity (Wildman–Crippen MR) is 168 cm³/mol. The van der Waals surface area contributed by atoms with Crippen molar-refractivity contribution >= 4 is 46.6 Å². The van der Waals surface area contributed by atoms with Gasteiger partial charge in [-0.2, -0.15) is 0 Å². The van der Waals surface area contributed by atoms with Gasteiger partial charge >= 0.3 is 0 Å². The number of aryl methyl sites for hydroxylation is 1. The fourth-order valence-electron chi connectivity index (χ4n) is 5.27. The largest absolute Gasteiger partial charge is 0.494 e. The van der Waals surface area contributed by atoms with E-state index in [1.54, 1.807) is 17.0 Å². The number of rotatable bonds is 12. The number of nitrogens with one attached hydrogen (secondary N) is 2. The number of anilines is 1. The van der Waals surface area contributed by atoms with Crippen molar-refractivity contribution in [2.24, 2.45) is 0 Å². The van der Waals surface area contributed by atoms with Crippen molar-refractivity contribution in [2.75, 3.05) is 24.6 Å². The summed E-state index contributed by atoms with van der Waals surface area (Å²) in [5, 5.41) is 7.13. The van der Waals surface area contributed by atoms with Gasteiger partial charge in [0.15, 0.2) is 0 Å². The van der Waals surface area contributed by atoms with Crippen LogP contribution in [0.25, 0.3) is 0 Å². The van der Waals surface area contributed by atoms with Gasteiger partial charge in [0.25, 0.3) is 0 Å². The van der Waals surface area contributed by atoms with Crippen LogP contribution in [-0.2, 0) is 33.9 Å². The lowest BCUT2D eigenvalue weighted by atomic mass is 10.1. The normalized spacial score (nSPS) is 16.6. The van der Waals surface area contributed by atoms with E-state index < -0.39 is 6.04 Å². The van der Waals surface area contributed by atoms with Crippen LogP contribution >= 0.6 is 23.2 Å². The SMILES string of the molecule is CC(=O)NCc1ccc(Cl)c(CN(C(=O)[C@H]2CNCC(=O)N2c2ccc(CCCOc3cccc(Cl)c3)cc2)C2CC2)c1. The molecule has 0 bridgehead atoms. The van der Waals surface area contributed by atoms with E-state index in [9.17, 15) is 14.4 Å². The van der Waals surface area contributed by atoms with Gasteiger partial charge in [0, 0.05) is 48.3 Å². The third kappa shape index (κ3) is 8.28. The number of hydrogen-bond acceptors (Lipinski definition) is 5. The topological polar surface area (TPSA) is 91.0 Å². The number of hydrogen-bond donors (Lipinski definition) is 2. The maximum atomic E-state index is 14.1. The van der Waals surface area contributed by atoms with E-state index >= 15 is 0 Å². The Hall–Kier alpha value is -3.59. The molecule has 3 amide bonds. The highest BCUT2D eigenvalue weighted by atomic mass is 35.5. The van der Waals surface area contributed by atoms with Crippen molar-refractivity contribution in [2.45, 2.75) is 57.8 Å². The summed E-state index contributed by atoms with van der Waals surface area (Å²) in [6.07, 6.45) is 3.47. The predicted octanol–water partition coefficient (Wildman–Crippen LogP) is 5.14. The number of piperazine rings is 1. The van der Waals surface area contributed by atoms with Crippen molar-refractivity contribution in [3.63, 3.8) is 0 Å². The Morgan fingerprint density at radius 2 is 1.81 bits per heavy atom. The van der Waals surface area contributed by atoms with Gasteiger partial charge in [-0.1, -0.05) is 53.5 Å². The Balaban J connectivity index is 1.25. The zero-order valence-electron chi connectivity index (χ0n) is 24.2. The minimum atomic E-state index is -0.667. The molecule has 3 aromatic rings. The third-order valence-corrected chi connectivity index (χ3v) is 8.24. The number of carbonyl (C=O) groups excluding carboxylic acids is 3. The molecule has 226 valence electrons. The number of ether oxygens (including phenoxy) is 1. The Bertz CT molecular complexity index is 1460. The second-order valence-corrected chi connectivity index (χ2v) is 11.9. The molecular formula is C33H36Cl2N4O4. The standard InChI is InChI=1S/C33H36Cl2N4O4/c1-22(40)37-18-24-9-14-30(35)25(16-24)21-38(27-12-13-27)33(42)31-19-36-20-32(41)39(31)28-10-7-23(8-11-28)4-3-15-43-29-6-2-5-26(34)17-29/h2,5-11,14,16-17,27,31,36H,3-4,12-13,15,18-21H2,1H3,(H,37,40)/t31-/m1/s1. The molecule has 10 heteroatoms. The summed E-state index contributed by atoms with van der Waals surface area (Å²) in [5.41, 5.74) is 3.55. The quantitative estimate of drug-likeness (QED) is 0.273. The molecule has 43 heavy (non-hydrogen) atoms. The van der Waals surface area contributed by atoms with Gasteiger partial charge < -0.3 is 20.3 Å². The Morgan fingerprint density at radius 1 is 1.05 bits per heavy atom. The van der Waals surface area contributed by atoms with E-state index in [1.807, 2.05) is 59.5 Å². The van der Waals surface area contributed by atoms with E-state index in [2.05, 4.69) is 10.6 Å². The highest BCUT2D eigenvalue weighted by Crippen LogP contribution is 2.32. The molecule has 5 rings (SSSR count). The molecular weight excluding hydrogens is 587 g/mol. The van der Waals surface area contributed by atoms with Crippen LogP contribution in [0.4, 0.5) is 5.69 Å². The third-order valence-electron chi connectivity index (χ3n) is 7.63. The number of carbonyl (C=O) groups is 3. The average Bonchev–Trinajstić information content (AvgIpc) is 3.84. The number of nitrogens with zero attached hydrogens (tertiary/aromatic N) is 2. The fourth-order valence-corrected chi connectivity index (χ4v) is 5.63. The average molecular weight is 624 g/mol. The van der Waals surface area contributed by atoms with Crippen molar-refractivity contribution in [1.82, 2.24) is 15.5 Å². The molecule has 3 aromatic carbocycles. The van der Waals surface area contributed by atoms with E-state index in [1.165, 1.54) is 6.92 Å². The van der Waals surface area contributed by atoms with Gasteiger partial charge in [0.05, 0.1) is 13.2 Å². The van der Waals surface area contributed by atoms with Crippen molar-refractivity contribution < 1.29 is 19.1 Å². The smallest absolute Gasteiger partial charge is 0.247 e. The van der Waals surface area contributed by atoms with Gasteiger partial charge in [0.1, 0.15) is 11.8 Å². The van der Waals surface area contributed by atoms with Gasteiger partial charge in [-0.25, -0.2) is 0 Å². The molecule has 0 unspecified atom stereocenters. The second-order valence-electron chi connectivity index (χ2n) is 11.0. The zero-order chi connectivity index (χ0) is 30.3. The maximum Gasteiger partial charge on any atom is 0.247 e. The fraction of sp³-hybridized carbons (Fsp3) is 0.364. The van der Waals surface area contributed by atoms with E-state index in [-0.39, 0.29) is 30.3 Å². The molecule has 2 fully saturated rings. The van der Waals surface area contributed by atoms with E-state index in [0.29, 0.717) is 42.0 Å². The molecule has 2 N–H and O–H groups in total. The molecule has 0 aromatic heterocycles. The zero-order valence-corrected chi connectivity index (χ0v) is 25.7. The summed E-state index contributed by atoms with van der Waals surface area (Å²) in [6.45, 7) is 3.30. The first-order chi connectivity index (χ1) is 20.8. The lowest BCUT2D eigenvalue weighted by Crippen LogP contribution is -2.61.